The van der Waals surface area contributed by atoms with Crippen LogP contribution in [0.4, 0.5) is 0 Å². The van der Waals surface area contributed by atoms with Gasteiger partial charge in [0, 0.05) is 29.3 Å². The Morgan fingerprint density at radius 3 is 2.21 bits per heavy atom. The third-order valence-corrected chi connectivity index (χ3v) is 2.82. The van der Waals surface area contributed by atoms with Gasteiger partial charge in [0.05, 0.1) is 0 Å². The molecule has 0 aliphatic heterocycles. The average Bonchev–Trinajstić information content (AvgIpc) is 2.48. The van der Waals surface area contributed by atoms with Crippen molar-refractivity contribution in [1.82, 2.24) is 5.32 Å². The number of hydrogen-bond donors (Lipinski definition) is 1. The van der Waals surface area contributed by atoms with Gasteiger partial charge in [0.2, 0.25) is 5.91 Å². The highest BCUT2D eigenvalue weighted by atomic mass is 16.6. The van der Waals surface area contributed by atoms with Crippen LogP contribution in [0.25, 0.3) is 20.9 Å². The molecule has 10 nitrogen and oxygen atoms in total. The van der Waals surface area contributed by atoms with Crippen LogP contribution in [0.5, 0.6) is 0 Å². The molecule has 1 atom stereocenters. The number of unbranched alkanes of at least 4 members (excludes halogenated alkanes) is 1. The Hall–Kier alpha value is -2.44. The van der Waals surface area contributed by atoms with Crippen molar-refractivity contribution in [3.05, 3.63) is 20.9 Å². The molecule has 10 heteroatoms. The SMILES string of the molecule is CC(C)(C)OC(=O)[C@H](CCCCN=[N+]=[N-])NC(=O)CCCN=[N+]=[N-]. The van der Waals surface area contributed by atoms with Crippen LogP contribution in [0, 0.1) is 0 Å². The van der Waals surface area contributed by atoms with Crippen LogP contribution in [0.15, 0.2) is 10.2 Å². The van der Waals surface area contributed by atoms with Gasteiger partial charge < -0.3 is 10.1 Å². The Morgan fingerprint density at radius 1 is 1.08 bits per heavy atom. The van der Waals surface area contributed by atoms with Crippen molar-refractivity contribution in [2.75, 3.05) is 13.1 Å². The maximum atomic E-state index is 12.2. The zero-order chi connectivity index (χ0) is 18.4. The molecule has 0 spiro atoms. The maximum Gasteiger partial charge on any atom is 0.329 e. The van der Waals surface area contributed by atoms with E-state index in [9.17, 15) is 9.59 Å². The van der Waals surface area contributed by atoms with Gasteiger partial charge in [-0.15, -0.1) is 0 Å². The van der Waals surface area contributed by atoms with Crippen molar-refractivity contribution in [2.45, 2.75) is 64.5 Å². The summed E-state index contributed by atoms with van der Waals surface area (Å²) >= 11 is 0. The summed E-state index contributed by atoms with van der Waals surface area (Å²) in [7, 11) is 0. The van der Waals surface area contributed by atoms with Crippen molar-refractivity contribution in [1.29, 1.82) is 0 Å². The van der Waals surface area contributed by atoms with Gasteiger partial charge in [-0.3, -0.25) is 4.79 Å². The number of nitrogens with zero attached hydrogens (tertiary/aromatic N) is 6. The second-order valence-electron chi connectivity index (χ2n) is 6.16. The van der Waals surface area contributed by atoms with Crippen molar-refractivity contribution >= 4 is 11.9 Å². The van der Waals surface area contributed by atoms with Gasteiger partial charge in [-0.25, -0.2) is 4.79 Å². The average molecular weight is 339 g/mol. The van der Waals surface area contributed by atoms with E-state index >= 15 is 0 Å². The van der Waals surface area contributed by atoms with Crippen LogP contribution in [0.2, 0.25) is 0 Å². The summed E-state index contributed by atoms with van der Waals surface area (Å²) in [5, 5.41) is 9.44. The van der Waals surface area contributed by atoms with E-state index in [0.29, 0.717) is 32.2 Å². The fourth-order valence-electron chi connectivity index (χ4n) is 1.82. The van der Waals surface area contributed by atoms with Gasteiger partial charge >= 0.3 is 5.97 Å². The van der Waals surface area contributed by atoms with Gasteiger partial charge in [-0.1, -0.05) is 16.6 Å². The van der Waals surface area contributed by atoms with E-state index in [1.165, 1.54) is 0 Å². The first kappa shape index (κ1) is 21.6. The van der Waals surface area contributed by atoms with Crippen LogP contribution in [0.1, 0.15) is 52.9 Å². The van der Waals surface area contributed by atoms with E-state index in [-0.39, 0.29) is 18.9 Å². The summed E-state index contributed by atoms with van der Waals surface area (Å²) < 4.78 is 5.32. The highest BCUT2D eigenvalue weighted by molar-refractivity contribution is 5.84. The topological polar surface area (TPSA) is 153 Å². The molecule has 0 radical (unpaired) electrons. The largest absolute Gasteiger partial charge is 0.458 e. The summed E-state index contributed by atoms with van der Waals surface area (Å²) in [5.41, 5.74) is 15.8. The van der Waals surface area contributed by atoms with Crippen molar-refractivity contribution in [3.63, 3.8) is 0 Å². The summed E-state index contributed by atoms with van der Waals surface area (Å²) in [6.45, 7) is 5.84. The predicted molar refractivity (Wildman–Crippen MR) is 88.9 cm³/mol. The lowest BCUT2D eigenvalue weighted by Crippen LogP contribution is -2.44. The molecule has 0 fully saturated rings. The molecule has 0 saturated heterocycles. The fraction of sp³-hybridized carbons (Fsp3) is 0.857. The molecule has 0 aliphatic carbocycles. The molecule has 1 amide bonds. The van der Waals surface area contributed by atoms with Crippen molar-refractivity contribution < 1.29 is 14.3 Å². The van der Waals surface area contributed by atoms with Gasteiger partial charge in [-0.2, -0.15) is 0 Å². The molecule has 0 aromatic carbocycles. The van der Waals surface area contributed by atoms with E-state index in [4.69, 9.17) is 15.8 Å². The van der Waals surface area contributed by atoms with E-state index in [1.54, 1.807) is 20.8 Å². The summed E-state index contributed by atoms with van der Waals surface area (Å²) in [4.78, 5) is 29.4. The minimum absolute atomic E-state index is 0.164. The van der Waals surface area contributed by atoms with Gasteiger partial charge in [0.15, 0.2) is 0 Å². The molecule has 1 N–H and O–H groups in total. The molecular weight excluding hydrogens is 314 g/mol. The van der Waals surface area contributed by atoms with Gasteiger partial charge in [0.1, 0.15) is 11.6 Å². The highest BCUT2D eigenvalue weighted by Gasteiger charge is 2.26. The zero-order valence-electron chi connectivity index (χ0n) is 14.4. The summed E-state index contributed by atoms with van der Waals surface area (Å²) in [6, 6.07) is -0.748. The number of esters is 1. The quantitative estimate of drug-likeness (QED) is 0.202. The Morgan fingerprint density at radius 2 is 1.67 bits per heavy atom. The minimum Gasteiger partial charge on any atom is -0.458 e. The number of hydrogen-bond acceptors (Lipinski definition) is 5. The van der Waals surface area contributed by atoms with Gasteiger partial charge in [0.25, 0.3) is 0 Å². The smallest absolute Gasteiger partial charge is 0.329 e. The number of nitrogens with one attached hydrogen (secondary N) is 1. The molecule has 134 valence electrons. The third kappa shape index (κ3) is 12.1. The van der Waals surface area contributed by atoms with Crippen LogP contribution in [-0.2, 0) is 14.3 Å². The normalized spacial score (nSPS) is 11.6. The number of carbonyl (C=O) groups excluding carboxylic acids is 2. The van der Waals surface area contributed by atoms with Crippen LogP contribution in [-0.4, -0.2) is 36.6 Å². The van der Waals surface area contributed by atoms with Crippen LogP contribution >= 0.6 is 0 Å². The number of ether oxygens (including phenoxy) is 1. The Kier molecular flexibility index (Phi) is 10.8. The molecule has 0 heterocycles. The number of carbonyl (C=O) groups is 2. The number of amides is 1. The Labute approximate surface area is 141 Å². The summed E-state index contributed by atoms with van der Waals surface area (Å²) in [6.07, 6.45) is 2.21. The van der Waals surface area contributed by atoms with E-state index in [2.05, 4.69) is 25.4 Å². The summed E-state index contributed by atoms with van der Waals surface area (Å²) in [5.74, 6) is -0.788. The molecule has 0 unspecified atom stereocenters. The molecule has 24 heavy (non-hydrogen) atoms. The molecule has 0 aromatic rings. The second-order valence-corrected chi connectivity index (χ2v) is 6.16. The minimum atomic E-state index is -0.748. The van der Waals surface area contributed by atoms with Gasteiger partial charge in [-0.05, 0) is 51.1 Å². The molecule has 0 saturated carbocycles. The highest BCUT2D eigenvalue weighted by Crippen LogP contribution is 2.12. The predicted octanol–water partition coefficient (Wildman–Crippen LogP) is 3.38. The number of azide groups is 2. The van der Waals surface area contributed by atoms with E-state index in [1.807, 2.05) is 0 Å². The lowest BCUT2D eigenvalue weighted by molar-refractivity contribution is -0.158. The number of rotatable bonds is 11. The second kappa shape index (κ2) is 12.0. The fourth-order valence-corrected chi connectivity index (χ4v) is 1.82. The first-order valence-corrected chi connectivity index (χ1v) is 7.84. The first-order valence-electron chi connectivity index (χ1n) is 7.84. The first-order chi connectivity index (χ1) is 11.3. The van der Waals surface area contributed by atoms with Crippen molar-refractivity contribution in [3.8, 4) is 0 Å². The maximum absolute atomic E-state index is 12.2. The molecular formula is C14H25N7O3. The zero-order valence-corrected chi connectivity index (χ0v) is 14.4. The van der Waals surface area contributed by atoms with Crippen LogP contribution in [0.3, 0.4) is 0 Å². The Balaban J connectivity index is 4.54. The lowest BCUT2D eigenvalue weighted by Gasteiger charge is -2.24. The molecule has 0 aliphatic rings. The lowest BCUT2D eigenvalue weighted by atomic mass is 10.1. The van der Waals surface area contributed by atoms with E-state index in [0.717, 1.165) is 0 Å². The molecule has 0 rings (SSSR count). The van der Waals surface area contributed by atoms with Crippen LogP contribution < -0.4 is 5.32 Å². The third-order valence-electron chi connectivity index (χ3n) is 2.82. The van der Waals surface area contributed by atoms with E-state index < -0.39 is 17.6 Å². The standard InChI is InChI=1S/C14H25N7O3/c1-14(2,3)24-13(23)11(7-4-5-9-17-20-15)19-12(22)8-6-10-18-21-16/h11H,4-10H2,1-3H3,(H,19,22)/t11-/m0/s1. The molecule has 0 bridgehead atoms. The Bertz CT molecular complexity index is 503. The molecule has 0 aromatic heterocycles. The monoisotopic (exact) mass is 339 g/mol. The van der Waals surface area contributed by atoms with Crippen molar-refractivity contribution in [2.24, 2.45) is 10.2 Å².